The fourth-order valence-electron chi connectivity index (χ4n) is 8.16. The summed E-state index contributed by atoms with van der Waals surface area (Å²) in [7, 11) is 0. The van der Waals surface area contributed by atoms with Crippen LogP contribution in [0.1, 0.15) is 29.7 Å². The topological polar surface area (TPSA) is 46.8 Å². The molecule has 0 N–H and O–H groups in total. The highest BCUT2D eigenvalue weighted by Crippen LogP contribution is 2.49. The highest BCUT2D eigenvalue weighted by Gasteiger charge is 2.37. The van der Waals surface area contributed by atoms with Crippen LogP contribution in [0.2, 0.25) is 0 Å². The van der Waals surface area contributed by atoms with Gasteiger partial charge in [-0.3, -0.25) is 0 Å². The monoisotopic (exact) mass is 657 g/mol. The first-order chi connectivity index (χ1) is 25.2. The summed E-state index contributed by atoms with van der Waals surface area (Å²) in [6.07, 6.45) is 14.7. The quantitative estimate of drug-likeness (QED) is 0.185. The normalized spacial score (nSPS) is 18.5. The van der Waals surface area contributed by atoms with E-state index in [1.54, 1.807) is 0 Å². The van der Waals surface area contributed by atoms with E-state index in [1.807, 2.05) is 36.4 Å². The van der Waals surface area contributed by atoms with Crippen LogP contribution in [0.25, 0.3) is 56.8 Å². The zero-order chi connectivity index (χ0) is 33.9. The lowest BCUT2D eigenvalue weighted by Gasteiger charge is -2.30. The first-order valence-electron chi connectivity index (χ1n) is 17.8. The number of aromatic nitrogens is 4. The minimum Gasteiger partial charge on any atom is -0.333 e. The second-order valence-electron chi connectivity index (χ2n) is 13.7. The molecule has 7 aromatic rings. The van der Waals surface area contributed by atoms with Crippen LogP contribution >= 0.6 is 0 Å². The van der Waals surface area contributed by atoms with Crippen molar-refractivity contribution in [1.82, 2.24) is 19.5 Å². The number of rotatable bonds is 5. The Bertz CT molecular complexity index is 2490. The molecular formula is C46H35N5. The Kier molecular flexibility index (Phi) is 6.91. The molecule has 5 heteroatoms. The summed E-state index contributed by atoms with van der Waals surface area (Å²) in [6.45, 7) is 2.30. The van der Waals surface area contributed by atoms with Crippen LogP contribution in [0.3, 0.4) is 0 Å². The highest BCUT2D eigenvalue weighted by molar-refractivity contribution is 5.92. The van der Waals surface area contributed by atoms with E-state index in [1.165, 1.54) is 33.4 Å². The molecule has 0 fully saturated rings. The maximum atomic E-state index is 5.19. The van der Waals surface area contributed by atoms with Crippen molar-refractivity contribution < 1.29 is 0 Å². The first-order valence-corrected chi connectivity index (χ1v) is 17.8. The molecule has 2 aliphatic carbocycles. The van der Waals surface area contributed by atoms with Crippen molar-refractivity contribution in [3.05, 3.63) is 175 Å². The van der Waals surface area contributed by atoms with Gasteiger partial charge in [-0.05, 0) is 59.9 Å². The third-order valence-electron chi connectivity index (χ3n) is 10.5. The summed E-state index contributed by atoms with van der Waals surface area (Å²) in [5, 5.41) is 1.31. The number of allylic oxidation sites excluding steroid dienone is 3. The molecule has 51 heavy (non-hydrogen) atoms. The van der Waals surface area contributed by atoms with Gasteiger partial charge in [0.05, 0.1) is 11.6 Å². The molecule has 5 nitrogen and oxygen atoms in total. The van der Waals surface area contributed by atoms with Crippen molar-refractivity contribution in [3.8, 4) is 39.9 Å². The maximum absolute atomic E-state index is 5.19. The van der Waals surface area contributed by atoms with Crippen LogP contribution in [-0.2, 0) is 6.42 Å². The molecule has 0 radical (unpaired) electrons. The Balaban J connectivity index is 1.25. The van der Waals surface area contributed by atoms with Gasteiger partial charge in [-0.15, -0.1) is 0 Å². The van der Waals surface area contributed by atoms with Crippen LogP contribution < -0.4 is 4.90 Å². The van der Waals surface area contributed by atoms with E-state index in [2.05, 4.69) is 144 Å². The van der Waals surface area contributed by atoms with Crippen molar-refractivity contribution in [2.45, 2.75) is 25.3 Å². The molecule has 10 rings (SSSR count). The summed E-state index contributed by atoms with van der Waals surface area (Å²) in [4.78, 5) is 17.9. The second kappa shape index (κ2) is 11.9. The van der Waals surface area contributed by atoms with E-state index in [0.717, 1.165) is 34.5 Å². The zero-order valence-corrected chi connectivity index (χ0v) is 28.3. The Morgan fingerprint density at radius 1 is 0.588 bits per heavy atom. The van der Waals surface area contributed by atoms with Gasteiger partial charge < -0.3 is 9.47 Å². The molecule has 3 heterocycles. The van der Waals surface area contributed by atoms with Crippen molar-refractivity contribution in [2.75, 3.05) is 4.90 Å². The molecule has 1 aliphatic heterocycles. The molecule has 0 bridgehead atoms. The molecule has 3 unspecified atom stereocenters. The lowest BCUT2D eigenvalue weighted by atomic mass is 9.91. The van der Waals surface area contributed by atoms with Crippen molar-refractivity contribution in [2.24, 2.45) is 5.92 Å². The van der Waals surface area contributed by atoms with Gasteiger partial charge in [0.2, 0.25) is 0 Å². The van der Waals surface area contributed by atoms with Crippen LogP contribution in [0.15, 0.2) is 158 Å². The number of benzene rings is 5. The Hall–Kier alpha value is -6.33. The van der Waals surface area contributed by atoms with Gasteiger partial charge in [0, 0.05) is 50.8 Å². The van der Waals surface area contributed by atoms with Crippen LogP contribution in [-0.4, -0.2) is 25.6 Å². The van der Waals surface area contributed by atoms with Gasteiger partial charge in [-0.2, -0.15) is 0 Å². The number of para-hydroxylation sites is 2. The smallest absolute Gasteiger partial charge is 0.164 e. The summed E-state index contributed by atoms with van der Waals surface area (Å²) >= 11 is 0. The third-order valence-corrected chi connectivity index (χ3v) is 10.5. The highest BCUT2D eigenvalue weighted by atomic mass is 15.2. The van der Waals surface area contributed by atoms with E-state index < -0.39 is 0 Å². The van der Waals surface area contributed by atoms with E-state index >= 15 is 0 Å². The molecule has 0 saturated carbocycles. The Labute approximate surface area is 297 Å². The molecule has 0 spiro atoms. The van der Waals surface area contributed by atoms with Gasteiger partial charge in [0.15, 0.2) is 17.5 Å². The second-order valence-corrected chi connectivity index (χ2v) is 13.7. The average Bonchev–Trinajstić information content (AvgIpc) is 3.71. The lowest BCUT2D eigenvalue weighted by molar-refractivity contribution is 0.717. The summed E-state index contributed by atoms with van der Waals surface area (Å²) in [5.74, 6) is 2.71. The number of anilines is 2. The summed E-state index contributed by atoms with van der Waals surface area (Å²) in [5.41, 5.74) is 11.4. The van der Waals surface area contributed by atoms with Crippen LogP contribution in [0, 0.1) is 5.92 Å². The molecule has 3 aliphatic rings. The maximum Gasteiger partial charge on any atom is 0.164 e. The van der Waals surface area contributed by atoms with E-state index in [9.17, 15) is 0 Å². The number of hydrogen-bond acceptors (Lipinski definition) is 4. The minimum absolute atomic E-state index is 0.157. The summed E-state index contributed by atoms with van der Waals surface area (Å²) in [6, 6.07) is 45.1. The van der Waals surface area contributed by atoms with E-state index in [4.69, 9.17) is 15.0 Å². The largest absolute Gasteiger partial charge is 0.333 e. The molecule has 0 amide bonds. The standard InChI is InChI=1S/C46H35N5/c1-30-24-25-43-39(26-30)38-20-10-13-23-42(38)51(43)35-28-33(27-34(29-35)50-40-21-11-8-18-36(40)37-19-9-12-22-41(37)50)46-48-44(31-14-4-2-5-15-31)47-45(49-46)32-16-6-3-7-17-32/h2-25,27-30,36,40H,26H2,1H3. The fourth-order valence-corrected chi connectivity index (χ4v) is 8.16. The van der Waals surface area contributed by atoms with Gasteiger partial charge in [-0.25, -0.2) is 15.0 Å². The summed E-state index contributed by atoms with van der Waals surface area (Å²) < 4.78 is 2.44. The van der Waals surface area contributed by atoms with Crippen molar-refractivity contribution in [3.63, 3.8) is 0 Å². The van der Waals surface area contributed by atoms with Gasteiger partial charge in [0.1, 0.15) is 0 Å². The number of fused-ring (bicyclic) bond motifs is 6. The van der Waals surface area contributed by atoms with Gasteiger partial charge in [-0.1, -0.05) is 134 Å². The lowest BCUT2D eigenvalue weighted by Crippen LogP contribution is -2.28. The predicted octanol–water partition coefficient (Wildman–Crippen LogP) is 10.8. The number of nitrogens with zero attached hydrogens (tertiary/aromatic N) is 5. The fraction of sp³-hybridized carbons (Fsp3) is 0.109. The molecule has 0 saturated heterocycles. The van der Waals surface area contributed by atoms with Crippen LogP contribution in [0.4, 0.5) is 11.4 Å². The van der Waals surface area contributed by atoms with Crippen molar-refractivity contribution in [1.29, 1.82) is 0 Å². The third kappa shape index (κ3) is 4.96. The van der Waals surface area contributed by atoms with Gasteiger partial charge in [0.25, 0.3) is 0 Å². The minimum atomic E-state index is 0.157. The molecule has 5 aromatic carbocycles. The van der Waals surface area contributed by atoms with E-state index in [0.29, 0.717) is 23.4 Å². The molecule has 3 atom stereocenters. The Morgan fingerprint density at radius 2 is 1.22 bits per heavy atom. The average molecular weight is 658 g/mol. The van der Waals surface area contributed by atoms with Crippen LogP contribution in [0.5, 0.6) is 0 Å². The number of hydrogen-bond donors (Lipinski definition) is 0. The van der Waals surface area contributed by atoms with Crippen molar-refractivity contribution >= 4 is 28.4 Å². The molecule has 244 valence electrons. The first kappa shape index (κ1) is 29.6. The molecule has 2 aromatic heterocycles. The Morgan fingerprint density at radius 3 is 1.98 bits per heavy atom. The molecular weight excluding hydrogens is 623 g/mol. The predicted molar refractivity (Wildman–Crippen MR) is 208 cm³/mol. The van der Waals surface area contributed by atoms with E-state index in [-0.39, 0.29) is 12.0 Å². The van der Waals surface area contributed by atoms with Gasteiger partial charge >= 0.3 is 0 Å². The SMILES string of the molecule is CC1C=Cc2c(c3ccccc3n2-c2cc(-c3nc(-c4ccccc4)nc(-c4ccccc4)n3)cc(N3c4ccccc4C4C=CC=CC43)c2)C1. The zero-order valence-electron chi connectivity index (χ0n) is 28.3.